The number of fused-ring (bicyclic) bond motifs is 1. The molecule has 30 heavy (non-hydrogen) atoms. The van der Waals surface area contributed by atoms with Gasteiger partial charge in [0.1, 0.15) is 10.7 Å². The largest absolute Gasteiger partial charge is 0.353 e. The highest BCUT2D eigenvalue weighted by molar-refractivity contribution is 9.11. The fourth-order valence-electron chi connectivity index (χ4n) is 4.02. The molecule has 0 radical (unpaired) electrons. The highest BCUT2D eigenvalue weighted by Crippen LogP contribution is 2.42. The van der Waals surface area contributed by atoms with Gasteiger partial charge in [-0.3, -0.25) is 0 Å². The molecule has 1 aliphatic carbocycles. The number of allylic oxidation sites excluding steroid dienone is 1. The van der Waals surface area contributed by atoms with Crippen LogP contribution in [0.15, 0.2) is 32.6 Å². The molecule has 166 valence electrons. The third kappa shape index (κ3) is 5.19. The molecule has 4 rings (SSSR count). The van der Waals surface area contributed by atoms with E-state index in [0.717, 1.165) is 61.3 Å². The van der Waals surface area contributed by atoms with Crippen molar-refractivity contribution in [2.45, 2.75) is 37.0 Å². The van der Waals surface area contributed by atoms with E-state index < -0.39 is 10.0 Å². The number of nitrogens with one attached hydrogen (secondary N) is 1. The normalized spacial score (nSPS) is 18.3. The summed E-state index contributed by atoms with van der Waals surface area (Å²) in [4.78, 5) is 9.40. The minimum atomic E-state index is -3.64. The number of aromatic nitrogens is 1. The molecule has 0 amide bonds. The average Bonchev–Trinajstić information content (AvgIpc) is 3.06. The van der Waals surface area contributed by atoms with Crippen LogP contribution in [0.5, 0.6) is 0 Å². The lowest BCUT2D eigenvalue weighted by molar-refractivity contribution is 0.312. The van der Waals surface area contributed by atoms with Crippen molar-refractivity contribution in [1.82, 2.24) is 14.6 Å². The van der Waals surface area contributed by atoms with Gasteiger partial charge in [-0.25, -0.2) is 18.1 Å². The molecule has 0 spiro atoms. The zero-order valence-corrected chi connectivity index (χ0v) is 21.1. The van der Waals surface area contributed by atoms with Crippen molar-refractivity contribution in [2.24, 2.45) is 0 Å². The van der Waals surface area contributed by atoms with E-state index in [2.05, 4.69) is 48.6 Å². The number of anilines is 1. The van der Waals surface area contributed by atoms with Crippen molar-refractivity contribution < 1.29 is 8.42 Å². The second-order valence-corrected chi connectivity index (χ2v) is 11.8. The molecule has 0 aromatic carbocycles. The summed E-state index contributed by atoms with van der Waals surface area (Å²) in [6.07, 6.45) is 9.47. The van der Waals surface area contributed by atoms with Gasteiger partial charge in [-0.05, 0) is 61.1 Å². The summed E-state index contributed by atoms with van der Waals surface area (Å²) >= 11 is 4.97. The fourth-order valence-corrected chi connectivity index (χ4v) is 7.91. The predicted molar refractivity (Wildman–Crippen MR) is 131 cm³/mol. The molecule has 1 fully saturated rings. The lowest BCUT2D eigenvalue weighted by Crippen LogP contribution is -2.45. The van der Waals surface area contributed by atoms with Gasteiger partial charge >= 0.3 is 0 Å². The first-order valence-corrected chi connectivity index (χ1v) is 13.2. The molecule has 0 unspecified atom stereocenters. The number of piperazine rings is 1. The summed E-state index contributed by atoms with van der Waals surface area (Å²) in [6, 6.07) is 1.90. The van der Waals surface area contributed by atoms with Crippen LogP contribution in [0.4, 0.5) is 5.82 Å². The van der Waals surface area contributed by atoms with E-state index >= 15 is 0 Å². The van der Waals surface area contributed by atoms with Crippen LogP contribution in [0.25, 0.3) is 10.1 Å². The van der Waals surface area contributed by atoms with Gasteiger partial charge in [-0.15, -0.1) is 23.7 Å². The lowest BCUT2D eigenvalue weighted by atomic mass is 9.97. The Hall–Kier alpha value is -0.710. The molecule has 6 nitrogen and oxygen atoms in total. The highest BCUT2D eigenvalue weighted by Gasteiger charge is 2.28. The summed E-state index contributed by atoms with van der Waals surface area (Å²) in [5, 5.41) is 0.735. The number of halogens is 2. The van der Waals surface area contributed by atoms with Crippen molar-refractivity contribution in [2.75, 3.05) is 44.7 Å². The highest BCUT2D eigenvalue weighted by atomic mass is 79.9. The van der Waals surface area contributed by atoms with Gasteiger partial charge in [-0.1, -0.05) is 11.6 Å². The first-order chi connectivity index (χ1) is 14.0. The van der Waals surface area contributed by atoms with Crippen LogP contribution >= 0.6 is 39.7 Å². The Kier molecular flexibility index (Phi) is 8.20. The Labute approximate surface area is 197 Å². The number of rotatable bonds is 6. The molecule has 0 saturated carbocycles. The molecule has 3 heterocycles. The van der Waals surface area contributed by atoms with E-state index in [1.54, 1.807) is 6.20 Å². The van der Waals surface area contributed by atoms with E-state index in [0.29, 0.717) is 15.2 Å². The van der Waals surface area contributed by atoms with E-state index in [9.17, 15) is 8.42 Å². The number of hydrogen-bond acceptors (Lipinski definition) is 6. The van der Waals surface area contributed by atoms with E-state index in [1.807, 2.05) is 6.07 Å². The molecule has 10 heteroatoms. The molecule has 0 atom stereocenters. The van der Waals surface area contributed by atoms with Gasteiger partial charge in [0.15, 0.2) is 0 Å². The van der Waals surface area contributed by atoms with Crippen molar-refractivity contribution in [3.8, 4) is 0 Å². The minimum Gasteiger partial charge on any atom is -0.353 e. The van der Waals surface area contributed by atoms with Crippen LogP contribution in [0.2, 0.25) is 0 Å². The number of pyridine rings is 1. The molecular weight excluding hydrogens is 508 g/mol. The smallest absolute Gasteiger partial charge is 0.243 e. The van der Waals surface area contributed by atoms with Crippen LogP contribution in [0.3, 0.4) is 0 Å². The number of nitrogens with zero attached hydrogens (tertiary/aromatic N) is 3. The molecule has 1 aliphatic heterocycles. The monoisotopic (exact) mass is 534 g/mol. The van der Waals surface area contributed by atoms with Crippen molar-refractivity contribution in [3.05, 3.63) is 27.7 Å². The Morgan fingerprint density at radius 3 is 2.70 bits per heavy atom. The number of likely N-dealkylation sites (N-methyl/N-ethyl adjacent to an activating group) is 1. The molecule has 1 saturated heterocycles. The molecule has 1 N–H and O–H groups in total. The van der Waals surface area contributed by atoms with Crippen molar-refractivity contribution in [3.63, 3.8) is 0 Å². The van der Waals surface area contributed by atoms with Crippen molar-refractivity contribution in [1.29, 1.82) is 0 Å². The summed E-state index contributed by atoms with van der Waals surface area (Å²) in [5.41, 5.74) is 1.37. The molecule has 2 aromatic rings. The van der Waals surface area contributed by atoms with Crippen LogP contribution < -0.4 is 9.62 Å². The standard InChI is InChI=1S/C20H27BrN4O2S2.ClH/c1-24-11-13-25(14-12-24)20-17-16(8-9-22-20)28-19(21)18(17)29(26,27)23-10-7-15-5-3-2-4-6-15;/h5,8-9,23H,2-4,6-7,10-14H2,1H3;1H. The van der Waals surface area contributed by atoms with E-state index in [-0.39, 0.29) is 12.4 Å². The first kappa shape index (κ1) is 23.9. The summed E-state index contributed by atoms with van der Waals surface area (Å²) in [7, 11) is -1.53. The molecule has 0 bridgehead atoms. The summed E-state index contributed by atoms with van der Waals surface area (Å²) in [6.45, 7) is 4.01. The Morgan fingerprint density at radius 1 is 1.23 bits per heavy atom. The van der Waals surface area contributed by atoms with E-state index in [4.69, 9.17) is 0 Å². The van der Waals surface area contributed by atoms with Crippen LogP contribution in [-0.4, -0.2) is 58.1 Å². The predicted octanol–water partition coefficient (Wildman–Crippen LogP) is 4.40. The Morgan fingerprint density at radius 2 is 2.00 bits per heavy atom. The van der Waals surface area contributed by atoms with Crippen LogP contribution in [0, 0.1) is 0 Å². The van der Waals surface area contributed by atoms with Gasteiger partial charge in [0.25, 0.3) is 0 Å². The maximum absolute atomic E-state index is 13.2. The molecule has 2 aromatic heterocycles. The average molecular weight is 536 g/mol. The second-order valence-electron chi connectivity index (χ2n) is 7.76. The zero-order valence-electron chi connectivity index (χ0n) is 17.1. The summed E-state index contributed by atoms with van der Waals surface area (Å²) < 4.78 is 30.9. The van der Waals surface area contributed by atoms with Gasteiger partial charge in [0, 0.05) is 43.6 Å². The lowest BCUT2D eigenvalue weighted by Gasteiger charge is -2.33. The number of sulfonamides is 1. The molecule has 2 aliphatic rings. The minimum absolute atomic E-state index is 0. The topological polar surface area (TPSA) is 65.5 Å². The Bertz CT molecular complexity index is 1020. The van der Waals surface area contributed by atoms with Gasteiger partial charge in [0.05, 0.1) is 9.17 Å². The Balaban J connectivity index is 0.00000256. The van der Waals surface area contributed by atoms with Crippen molar-refractivity contribution >= 4 is 65.6 Å². The molecular formula is C20H28BrClN4O2S2. The summed E-state index contributed by atoms with van der Waals surface area (Å²) in [5.74, 6) is 0.771. The fraction of sp³-hybridized carbons (Fsp3) is 0.550. The van der Waals surface area contributed by atoms with Gasteiger partial charge in [-0.2, -0.15) is 0 Å². The van der Waals surface area contributed by atoms with Gasteiger partial charge in [0.2, 0.25) is 10.0 Å². The van der Waals surface area contributed by atoms with E-state index in [1.165, 1.54) is 29.8 Å². The second kappa shape index (κ2) is 10.3. The van der Waals surface area contributed by atoms with Crippen LogP contribution in [0.1, 0.15) is 32.1 Å². The quantitative estimate of drug-likeness (QED) is 0.556. The zero-order chi connectivity index (χ0) is 20.4. The van der Waals surface area contributed by atoms with Gasteiger partial charge < -0.3 is 9.80 Å². The van der Waals surface area contributed by atoms with Crippen LogP contribution in [-0.2, 0) is 10.0 Å². The first-order valence-electron chi connectivity index (χ1n) is 10.1. The SMILES string of the molecule is CN1CCN(c2nccc3sc(Br)c(S(=O)(=O)NCCC4=CCCCC4)c23)CC1.Cl. The number of hydrogen-bond donors (Lipinski definition) is 1. The third-order valence-corrected chi connectivity index (χ3v) is 9.44. The third-order valence-electron chi connectivity index (χ3n) is 5.69. The maximum atomic E-state index is 13.2. The number of thiophene rings is 1. The maximum Gasteiger partial charge on any atom is 0.243 e.